The molecular weight excluding hydrogens is 716 g/mol. The van der Waals surface area contributed by atoms with Gasteiger partial charge in [0.2, 0.25) is 0 Å². The van der Waals surface area contributed by atoms with Gasteiger partial charge < -0.3 is 33.9 Å². The maximum atomic E-state index is 13.2. The number of carbonyl (C=O) groups is 4. The Kier molecular flexibility index (Phi) is 12.5. The van der Waals surface area contributed by atoms with Crippen LogP contribution in [0, 0.1) is 11.8 Å². The summed E-state index contributed by atoms with van der Waals surface area (Å²) in [4.78, 5) is 48.3. The van der Waals surface area contributed by atoms with Crippen LogP contribution in [0.5, 0.6) is 11.5 Å². The monoisotopic (exact) mass is 758 g/mol. The van der Waals surface area contributed by atoms with Gasteiger partial charge in [0.1, 0.15) is 44.0 Å². The van der Waals surface area contributed by atoms with Crippen molar-refractivity contribution in [3.05, 3.63) is 157 Å². The molecule has 0 fully saturated rings. The van der Waals surface area contributed by atoms with Gasteiger partial charge in [-0.1, -0.05) is 98.1 Å². The van der Waals surface area contributed by atoms with Gasteiger partial charge in [-0.2, -0.15) is 0 Å². The smallest absolute Gasteiger partial charge is 0.330 e. The van der Waals surface area contributed by atoms with Crippen molar-refractivity contribution in [2.75, 3.05) is 26.4 Å². The lowest BCUT2D eigenvalue weighted by Gasteiger charge is -2.34. The molecule has 4 aromatic rings. The first-order valence-electron chi connectivity index (χ1n) is 18.2. The number of esters is 3. The quantitative estimate of drug-likeness (QED) is 0.0482. The van der Waals surface area contributed by atoms with Crippen LogP contribution in [0.2, 0.25) is 0 Å². The lowest BCUT2D eigenvalue weighted by Crippen LogP contribution is -2.37. The molecule has 288 valence electrons. The molecule has 11 nitrogen and oxygen atoms in total. The summed E-state index contributed by atoms with van der Waals surface area (Å²) in [6.07, 6.45) is 3.90. The van der Waals surface area contributed by atoms with E-state index in [1.165, 1.54) is 0 Å². The lowest BCUT2D eigenvalue weighted by molar-refractivity contribution is -0.167. The second-order valence-electron chi connectivity index (χ2n) is 13.4. The number of rotatable bonds is 17. The van der Waals surface area contributed by atoms with Crippen molar-refractivity contribution in [2.24, 2.45) is 11.8 Å². The molecule has 11 heteroatoms. The summed E-state index contributed by atoms with van der Waals surface area (Å²) in [5.41, 5.74) is 5.52. The summed E-state index contributed by atoms with van der Waals surface area (Å²) >= 11 is 0. The van der Waals surface area contributed by atoms with Gasteiger partial charge >= 0.3 is 23.9 Å². The summed E-state index contributed by atoms with van der Waals surface area (Å²) in [5, 5.41) is 19.9. The van der Waals surface area contributed by atoms with Crippen molar-refractivity contribution in [3.63, 3.8) is 0 Å². The Hall–Kier alpha value is -6.46. The molecule has 0 heterocycles. The van der Waals surface area contributed by atoms with Gasteiger partial charge in [-0.05, 0) is 70.5 Å². The molecule has 4 aromatic carbocycles. The highest BCUT2D eigenvalue weighted by Crippen LogP contribution is 2.56. The van der Waals surface area contributed by atoms with Crippen molar-refractivity contribution >= 4 is 23.9 Å². The van der Waals surface area contributed by atoms with E-state index in [-0.39, 0.29) is 39.3 Å². The van der Waals surface area contributed by atoms with Gasteiger partial charge in [0.15, 0.2) is 6.10 Å². The molecule has 2 aliphatic rings. The summed E-state index contributed by atoms with van der Waals surface area (Å²) < 4.78 is 27.7. The van der Waals surface area contributed by atoms with E-state index in [0.717, 1.165) is 45.5 Å². The highest BCUT2D eigenvalue weighted by Gasteiger charge is 2.46. The maximum Gasteiger partial charge on any atom is 0.330 e. The molecule has 4 atom stereocenters. The number of carboxylic acid groups (broad SMARTS) is 1. The molecule has 2 N–H and O–H groups in total. The fraction of sp³-hybridized carbons (Fsp3) is 0.244. The van der Waals surface area contributed by atoms with Crippen LogP contribution in [0.4, 0.5) is 0 Å². The first kappa shape index (κ1) is 39.2. The Morgan fingerprint density at radius 3 is 1.66 bits per heavy atom. The van der Waals surface area contributed by atoms with Gasteiger partial charge in [0, 0.05) is 12.2 Å². The molecule has 0 spiro atoms. The molecule has 0 saturated heterocycles. The number of allylic oxidation sites excluding steroid dienone is 2. The van der Waals surface area contributed by atoms with E-state index in [2.05, 4.69) is 37.4 Å². The maximum absolute atomic E-state index is 13.2. The third-order valence-electron chi connectivity index (χ3n) is 9.90. The molecule has 2 aliphatic carbocycles. The van der Waals surface area contributed by atoms with Crippen LogP contribution >= 0.6 is 0 Å². The van der Waals surface area contributed by atoms with E-state index in [4.69, 9.17) is 23.7 Å². The number of carbonyl (C=O) groups excluding carboxylic acids is 3. The zero-order valence-corrected chi connectivity index (χ0v) is 30.6. The third kappa shape index (κ3) is 8.43. The molecule has 0 saturated carbocycles. The standard InChI is InChI=1S/C45H42O11/c1-3-41(47)54-26-31(46)25-52-32-21-17-29(18-22-32)45(39-15-9-7-11-35(39)36-12-8-10-16-40(36)45)30-19-23-33(24-20-30)53-27-34(28-55-42(48)4-2)56-44(51)38-14-6-5-13-37(38)43(49)50/h3-12,15-24,31,34,37-38,46H,1-2,13-14,25-28H2,(H,49,50). The number of hydrogen-bond donors (Lipinski definition) is 2. The number of aliphatic hydroxyl groups excluding tert-OH is 1. The molecule has 0 amide bonds. The van der Waals surface area contributed by atoms with E-state index in [1.54, 1.807) is 12.2 Å². The van der Waals surface area contributed by atoms with E-state index in [1.807, 2.05) is 72.8 Å². The summed E-state index contributed by atoms with van der Waals surface area (Å²) in [6.45, 7) is 5.97. The predicted octanol–water partition coefficient (Wildman–Crippen LogP) is 6.21. The van der Waals surface area contributed by atoms with Gasteiger partial charge in [-0.25, -0.2) is 9.59 Å². The van der Waals surface area contributed by atoms with Crippen LogP contribution in [-0.4, -0.2) is 72.7 Å². The van der Waals surface area contributed by atoms with E-state index in [9.17, 15) is 29.4 Å². The number of hydrogen-bond acceptors (Lipinski definition) is 10. The normalized spacial score (nSPS) is 17.2. The molecule has 6 rings (SSSR count). The zero-order chi connectivity index (χ0) is 39.7. The number of ether oxygens (including phenoxy) is 5. The van der Waals surface area contributed by atoms with Gasteiger partial charge in [-0.3, -0.25) is 9.59 Å². The third-order valence-corrected chi connectivity index (χ3v) is 9.90. The van der Waals surface area contributed by atoms with Crippen molar-refractivity contribution < 1.29 is 53.1 Å². The SMILES string of the molecule is C=CC(=O)OCC(O)COc1ccc(C2(c3ccc(OCC(COC(=O)C=C)OC(=O)C4CC=CCC4C(=O)O)cc3)c3ccccc3-c3ccccc32)cc1. The van der Waals surface area contributed by atoms with Gasteiger partial charge in [0.05, 0.1) is 17.3 Å². The molecule has 56 heavy (non-hydrogen) atoms. The van der Waals surface area contributed by atoms with Crippen LogP contribution in [-0.2, 0) is 38.8 Å². The van der Waals surface area contributed by atoms with Crippen LogP contribution in [0.15, 0.2) is 135 Å². The van der Waals surface area contributed by atoms with Gasteiger partial charge in [-0.15, -0.1) is 0 Å². The number of fused-ring (bicyclic) bond motifs is 3. The predicted molar refractivity (Wildman–Crippen MR) is 206 cm³/mol. The Morgan fingerprint density at radius 2 is 1.14 bits per heavy atom. The second kappa shape index (κ2) is 17.8. The van der Waals surface area contributed by atoms with Crippen molar-refractivity contribution in [2.45, 2.75) is 30.5 Å². The van der Waals surface area contributed by atoms with Crippen molar-refractivity contribution in [1.82, 2.24) is 0 Å². The molecule has 4 unspecified atom stereocenters. The highest BCUT2D eigenvalue weighted by molar-refractivity contribution is 5.86. The van der Waals surface area contributed by atoms with Crippen molar-refractivity contribution in [1.29, 1.82) is 0 Å². The molecule has 0 radical (unpaired) electrons. The largest absolute Gasteiger partial charge is 0.491 e. The molecule has 0 aromatic heterocycles. The minimum atomic E-state index is -1.09. The van der Waals surface area contributed by atoms with Crippen LogP contribution in [0.1, 0.15) is 35.1 Å². The summed E-state index contributed by atoms with van der Waals surface area (Å²) in [7, 11) is 0. The Bertz CT molecular complexity index is 2060. The van der Waals surface area contributed by atoms with E-state index in [0.29, 0.717) is 11.5 Å². The average Bonchev–Trinajstić information content (AvgIpc) is 3.54. The fourth-order valence-corrected chi connectivity index (χ4v) is 7.24. The first-order valence-corrected chi connectivity index (χ1v) is 18.2. The number of benzene rings is 4. The Morgan fingerprint density at radius 1 is 0.661 bits per heavy atom. The number of carboxylic acids is 1. The van der Waals surface area contributed by atoms with Crippen LogP contribution in [0.25, 0.3) is 11.1 Å². The second-order valence-corrected chi connectivity index (χ2v) is 13.4. The van der Waals surface area contributed by atoms with Crippen LogP contribution < -0.4 is 9.47 Å². The fourth-order valence-electron chi connectivity index (χ4n) is 7.24. The van der Waals surface area contributed by atoms with Crippen molar-refractivity contribution in [3.8, 4) is 22.6 Å². The lowest BCUT2D eigenvalue weighted by atomic mass is 9.68. The zero-order valence-electron chi connectivity index (χ0n) is 30.6. The summed E-state index contributed by atoms with van der Waals surface area (Å²) in [5.74, 6) is -3.95. The minimum Gasteiger partial charge on any atom is -0.491 e. The average molecular weight is 759 g/mol. The first-order chi connectivity index (χ1) is 27.1. The Labute approximate surface area is 324 Å². The molecule has 0 bridgehead atoms. The Balaban J connectivity index is 1.25. The van der Waals surface area contributed by atoms with E-state index >= 15 is 0 Å². The summed E-state index contributed by atoms with van der Waals surface area (Å²) in [6, 6.07) is 31.7. The highest BCUT2D eigenvalue weighted by atomic mass is 16.6. The molecular formula is C45H42O11. The molecule has 0 aliphatic heterocycles. The van der Waals surface area contributed by atoms with Crippen LogP contribution in [0.3, 0.4) is 0 Å². The topological polar surface area (TPSA) is 155 Å². The van der Waals surface area contributed by atoms with E-state index < -0.39 is 53.3 Å². The number of aliphatic hydroxyl groups is 1. The minimum absolute atomic E-state index is 0.0838. The van der Waals surface area contributed by atoms with Gasteiger partial charge in [0.25, 0.3) is 0 Å². The number of aliphatic carboxylic acids is 1.